The minimum absolute atomic E-state index is 0.00877. The van der Waals surface area contributed by atoms with E-state index in [-0.39, 0.29) is 30.6 Å². The van der Waals surface area contributed by atoms with Crippen LogP contribution in [0.2, 0.25) is 0 Å². The standard InChI is InChI=1S/C26H31NO6/c1-5-14-33-20-11-9-18(10-12-20)24(28)22-23(19-7-6-8-21(16-19)31-4)27(26(30)25(22)29)13-15-32-17(2)3/h6-12,16-17,23,28H,5,13-15H2,1-4H3/b24-22-. The number of rotatable bonds is 10. The molecule has 176 valence electrons. The molecule has 1 N–H and O–H groups in total. The highest BCUT2D eigenvalue weighted by Crippen LogP contribution is 2.40. The fourth-order valence-electron chi connectivity index (χ4n) is 3.74. The number of ketones is 1. The van der Waals surface area contributed by atoms with Crippen molar-refractivity contribution in [3.05, 3.63) is 65.2 Å². The number of methoxy groups -OCH3 is 1. The Morgan fingerprint density at radius 1 is 1.06 bits per heavy atom. The maximum absolute atomic E-state index is 13.1. The van der Waals surface area contributed by atoms with Gasteiger partial charge in [-0.3, -0.25) is 9.59 Å². The third kappa shape index (κ3) is 5.54. The number of ether oxygens (including phenoxy) is 3. The van der Waals surface area contributed by atoms with E-state index in [9.17, 15) is 14.7 Å². The molecule has 7 heteroatoms. The van der Waals surface area contributed by atoms with Crippen LogP contribution in [0.15, 0.2) is 54.1 Å². The van der Waals surface area contributed by atoms with Crippen molar-refractivity contribution in [1.82, 2.24) is 4.90 Å². The Morgan fingerprint density at radius 2 is 1.79 bits per heavy atom. The third-order valence-corrected chi connectivity index (χ3v) is 5.33. The summed E-state index contributed by atoms with van der Waals surface area (Å²) in [4.78, 5) is 27.5. The van der Waals surface area contributed by atoms with Crippen molar-refractivity contribution < 1.29 is 28.9 Å². The minimum atomic E-state index is -0.758. The normalized spacial score (nSPS) is 17.6. The Bertz CT molecular complexity index is 1010. The molecule has 1 heterocycles. The van der Waals surface area contributed by atoms with Crippen molar-refractivity contribution >= 4 is 17.4 Å². The Morgan fingerprint density at radius 3 is 2.42 bits per heavy atom. The van der Waals surface area contributed by atoms with Gasteiger partial charge in [0.15, 0.2) is 0 Å². The number of carbonyl (C=O) groups excluding carboxylic acids is 2. The molecule has 33 heavy (non-hydrogen) atoms. The van der Waals surface area contributed by atoms with E-state index in [2.05, 4.69) is 0 Å². The van der Waals surface area contributed by atoms with Crippen LogP contribution < -0.4 is 9.47 Å². The highest BCUT2D eigenvalue weighted by Gasteiger charge is 2.46. The summed E-state index contributed by atoms with van der Waals surface area (Å²) in [6, 6.07) is 13.2. The monoisotopic (exact) mass is 453 g/mol. The smallest absolute Gasteiger partial charge is 0.295 e. The first-order valence-corrected chi connectivity index (χ1v) is 11.1. The predicted octanol–water partition coefficient (Wildman–Crippen LogP) is 4.33. The van der Waals surface area contributed by atoms with E-state index >= 15 is 0 Å². The van der Waals surface area contributed by atoms with Crippen molar-refractivity contribution in [2.75, 3.05) is 26.9 Å². The predicted molar refractivity (Wildman–Crippen MR) is 125 cm³/mol. The average molecular weight is 454 g/mol. The fraction of sp³-hybridized carbons (Fsp3) is 0.385. The van der Waals surface area contributed by atoms with E-state index in [0.29, 0.717) is 29.2 Å². The largest absolute Gasteiger partial charge is 0.507 e. The number of Topliss-reactive ketones (excluding diaryl/α,β-unsaturated/α-hetero) is 1. The third-order valence-electron chi connectivity index (χ3n) is 5.33. The summed E-state index contributed by atoms with van der Waals surface area (Å²) >= 11 is 0. The number of benzene rings is 2. The molecule has 7 nitrogen and oxygen atoms in total. The number of likely N-dealkylation sites (tertiary alicyclic amines) is 1. The van der Waals surface area contributed by atoms with Crippen LogP contribution in [0.25, 0.3) is 5.76 Å². The second-order valence-electron chi connectivity index (χ2n) is 8.06. The first kappa shape index (κ1) is 24.3. The van der Waals surface area contributed by atoms with Gasteiger partial charge in [-0.05, 0) is 62.2 Å². The van der Waals surface area contributed by atoms with Crippen molar-refractivity contribution in [1.29, 1.82) is 0 Å². The van der Waals surface area contributed by atoms with Crippen molar-refractivity contribution in [2.24, 2.45) is 0 Å². The fourth-order valence-corrected chi connectivity index (χ4v) is 3.74. The van der Waals surface area contributed by atoms with Gasteiger partial charge in [-0.1, -0.05) is 19.1 Å². The van der Waals surface area contributed by atoms with Gasteiger partial charge in [0.1, 0.15) is 17.3 Å². The van der Waals surface area contributed by atoms with Crippen LogP contribution in [-0.2, 0) is 14.3 Å². The maximum atomic E-state index is 13.1. The van der Waals surface area contributed by atoms with E-state index < -0.39 is 17.7 Å². The molecule has 1 unspecified atom stereocenters. The second-order valence-corrected chi connectivity index (χ2v) is 8.06. The molecular formula is C26H31NO6. The average Bonchev–Trinajstić information content (AvgIpc) is 3.07. The Balaban J connectivity index is 2.04. The minimum Gasteiger partial charge on any atom is -0.507 e. The van der Waals surface area contributed by atoms with Crippen LogP contribution in [0.4, 0.5) is 0 Å². The highest BCUT2D eigenvalue weighted by atomic mass is 16.5. The molecule has 1 saturated heterocycles. The molecule has 1 aliphatic heterocycles. The summed E-state index contributed by atoms with van der Waals surface area (Å²) in [5.74, 6) is -0.357. The van der Waals surface area contributed by atoms with Crippen LogP contribution in [0, 0.1) is 0 Å². The number of amides is 1. The first-order valence-electron chi connectivity index (χ1n) is 11.1. The topological polar surface area (TPSA) is 85.3 Å². The number of hydrogen-bond acceptors (Lipinski definition) is 6. The van der Waals surface area contributed by atoms with Gasteiger partial charge < -0.3 is 24.2 Å². The highest BCUT2D eigenvalue weighted by molar-refractivity contribution is 6.46. The maximum Gasteiger partial charge on any atom is 0.295 e. The molecule has 1 atom stereocenters. The lowest BCUT2D eigenvalue weighted by Gasteiger charge is -2.26. The molecule has 0 spiro atoms. The van der Waals surface area contributed by atoms with Crippen LogP contribution in [-0.4, -0.2) is 54.7 Å². The Kier molecular flexibility index (Phi) is 8.11. The number of aliphatic hydroxyl groups excluding tert-OH is 1. The molecule has 0 bridgehead atoms. The molecular weight excluding hydrogens is 422 g/mol. The molecule has 2 aromatic rings. The molecule has 0 aromatic heterocycles. The van der Waals surface area contributed by atoms with Crippen LogP contribution in [0.1, 0.15) is 44.4 Å². The quantitative estimate of drug-likeness (QED) is 0.327. The lowest BCUT2D eigenvalue weighted by atomic mass is 9.95. The zero-order valence-corrected chi connectivity index (χ0v) is 19.5. The summed E-state index contributed by atoms with van der Waals surface area (Å²) in [6.45, 7) is 6.90. The molecule has 1 fully saturated rings. The second kappa shape index (κ2) is 11.0. The molecule has 1 amide bonds. The molecule has 0 saturated carbocycles. The number of nitrogens with zero attached hydrogens (tertiary/aromatic N) is 1. The van der Waals surface area contributed by atoms with Crippen LogP contribution >= 0.6 is 0 Å². The molecule has 0 aliphatic carbocycles. The molecule has 0 radical (unpaired) electrons. The number of aliphatic hydroxyl groups is 1. The lowest BCUT2D eigenvalue weighted by molar-refractivity contribution is -0.140. The van der Waals surface area contributed by atoms with E-state index in [1.54, 1.807) is 49.6 Å². The van der Waals surface area contributed by atoms with Crippen LogP contribution in [0.5, 0.6) is 11.5 Å². The number of carbonyl (C=O) groups is 2. The van der Waals surface area contributed by atoms with E-state index in [4.69, 9.17) is 14.2 Å². The van der Waals surface area contributed by atoms with Crippen LogP contribution in [0.3, 0.4) is 0 Å². The Labute approximate surface area is 194 Å². The molecule has 3 rings (SSSR count). The van der Waals surface area contributed by atoms with Gasteiger partial charge in [0.2, 0.25) is 0 Å². The number of hydrogen-bond donors (Lipinski definition) is 1. The molecule has 1 aliphatic rings. The lowest BCUT2D eigenvalue weighted by Crippen LogP contribution is -2.33. The summed E-state index contributed by atoms with van der Waals surface area (Å²) in [5, 5.41) is 11.1. The zero-order valence-electron chi connectivity index (χ0n) is 19.5. The van der Waals surface area contributed by atoms with E-state index in [1.807, 2.05) is 26.8 Å². The van der Waals surface area contributed by atoms with Crippen molar-refractivity contribution in [3.8, 4) is 11.5 Å². The molecule has 2 aromatic carbocycles. The van der Waals surface area contributed by atoms with Gasteiger partial charge in [-0.25, -0.2) is 0 Å². The first-order chi connectivity index (χ1) is 15.9. The van der Waals surface area contributed by atoms with Gasteiger partial charge in [-0.15, -0.1) is 0 Å². The van der Waals surface area contributed by atoms with Crippen molar-refractivity contribution in [2.45, 2.75) is 39.3 Å². The summed E-state index contributed by atoms with van der Waals surface area (Å²) in [5.41, 5.74) is 1.14. The zero-order chi connectivity index (χ0) is 24.0. The van der Waals surface area contributed by atoms with E-state index in [1.165, 1.54) is 4.90 Å². The summed E-state index contributed by atoms with van der Waals surface area (Å²) < 4.78 is 16.6. The summed E-state index contributed by atoms with van der Waals surface area (Å²) in [7, 11) is 1.55. The van der Waals surface area contributed by atoms with Crippen molar-refractivity contribution in [3.63, 3.8) is 0 Å². The van der Waals surface area contributed by atoms with Gasteiger partial charge in [-0.2, -0.15) is 0 Å². The van der Waals surface area contributed by atoms with E-state index in [0.717, 1.165) is 6.42 Å². The SMILES string of the molecule is CCCOc1ccc(/C(O)=C2/C(=O)C(=O)N(CCOC(C)C)C2c2cccc(OC)c2)cc1. The Hall–Kier alpha value is -3.32. The van der Waals surface area contributed by atoms with Gasteiger partial charge in [0.05, 0.1) is 38.0 Å². The van der Waals surface area contributed by atoms with Gasteiger partial charge in [0.25, 0.3) is 11.7 Å². The summed E-state index contributed by atoms with van der Waals surface area (Å²) in [6.07, 6.45) is 0.872. The van der Waals surface area contributed by atoms with Gasteiger partial charge in [0, 0.05) is 12.1 Å². The van der Waals surface area contributed by atoms with Gasteiger partial charge >= 0.3 is 0 Å².